The lowest BCUT2D eigenvalue weighted by Gasteiger charge is -2.39. The molecule has 0 aliphatic carbocycles. The van der Waals surface area contributed by atoms with E-state index in [2.05, 4.69) is 29.0 Å². The minimum absolute atomic E-state index is 0.193. The summed E-state index contributed by atoms with van der Waals surface area (Å²) in [5.41, 5.74) is 1.79. The number of carboxylic acid groups (broad SMARTS) is 1. The lowest BCUT2D eigenvalue weighted by Crippen LogP contribution is -2.49. The highest BCUT2D eigenvalue weighted by molar-refractivity contribution is 6.30. The Balaban J connectivity index is 1.72. The minimum atomic E-state index is -1.01. The summed E-state index contributed by atoms with van der Waals surface area (Å²) < 4.78 is 0. The average molecular weight is 430 g/mol. The second kappa shape index (κ2) is 9.96. The molecule has 0 saturated carbocycles. The highest BCUT2D eigenvalue weighted by Crippen LogP contribution is 2.27. The number of carbonyl (C=O) groups is 2. The molecular formula is C23H28ClN3O3. The summed E-state index contributed by atoms with van der Waals surface area (Å²) in [6.45, 7) is 7.83. The van der Waals surface area contributed by atoms with Crippen LogP contribution in [-0.4, -0.2) is 54.1 Å². The van der Waals surface area contributed by atoms with Gasteiger partial charge in [-0.25, -0.2) is 4.79 Å². The fraction of sp³-hybridized carbons (Fsp3) is 0.391. The molecule has 1 aliphatic rings. The number of amides is 1. The molecule has 3 rings (SSSR count). The van der Waals surface area contributed by atoms with Crippen molar-refractivity contribution in [3.63, 3.8) is 0 Å². The van der Waals surface area contributed by atoms with Crippen molar-refractivity contribution in [1.29, 1.82) is 0 Å². The summed E-state index contributed by atoms with van der Waals surface area (Å²) in [5, 5.41) is 13.1. The van der Waals surface area contributed by atoms with Crippen molar-refractivity contribution < 1.29 is 14.7 Å². The molecule has 2 aromatic carbocycles. The van der Waals surface area contributed by atoms with Crippen LogP contribution in [-0.2, 0) is 0 Å². The molecule has 1 amide bonds. The smallest absolute Gasteiger partial charge is 0.337 e. The molecule has 160 valence electrons. The normalized spacial score (nSPS) is 15.6. The fourth-order valence-corrected chi connectivity index (χ4v) is 4.00. The predicted molar refractivity (Wildman–Crippen MR) is 121 cm³/mol. The van der Waals surface area contributed by atoms with Crippen LogP contribution < -0.4 is 10.2 Å². The Morgan fingerprint density at radius 1 is 1.10 bits per heavy atom. The third kappa shape index (κ3) is 5.32. The van der Waals surface area contributed by atoms with Gasteiger partial charge in [0.1, 0.15) is 0 Å². The summed E-state index contributed by atoms with van der Waals surface area (Å²) in [4.78, 5) is 28.9. The maximum Gasteiger partial charge on any atom is 0.337 e. The first-order valence-corrected chi connectivity index (χ1v) is 10.7. The highest BCUT2D eigenvalue weighted by Gasteiger charge is 2.24. The van der Waals surface area contributed by atoms with Gasteiger partial charge in [-0.15, -0.1) is 0 Å². The standard InChI is InChI=1S/C23H28ClN3O3/c1-3-4-16(2)26-11-13-27(14-12-26)21-10-9-19(15-20(21)23(29)30)25-22(28)17-5-7-18(24)8-6-17/h5-10,15-16H,3-4,11-14H2,1-2H3,(H,25,28)(H,29,30). The number of hydrogen-bond acceptors (Lipinski definition) is 4. The number of nitrogens with zero attached hydrogens (tertiary/aromatic N) is 2. The molecule has 1 atom stereocenters. The Bertz CT molecular complexity index is 893. The highest BCUT2D eigenvalue weighted by atomic mass is 35.5. The van der Waals surface area contributed by atoms with Crippen LogP contribution in [0.3, 0.4) is 0 Å². The number of aromatic carboxylic acids is 1. The maximum atomic E-state index is 12.4. The number of piperazine rings is 1. The number of carboxylic acids is 1. The van der Waals surface area contributed by atoms with E-state index in [-0.39, 0.29) is 11.5 Å². The van der Waals surface area contributed by atoms with Crippen LogP contribution in [0.1, 0.15) is 47.4 Å². The molecule has 1 saturated heterocycles. The molecule has 0 aromatic heterocycles. The van der Waals surface area contributed by atoms with E-state index < -0.39 is 5.97 Å². The van der Waals surface area contributed by atoms with Crippen LogP contribution in [0.25, 0.3) is 0 Å². The van der Waals surface area contributed by atoms with Crippen LogP contribution in [0.2, 0.25) is 5.02 Å². The summed E-state index contributed by atoms with van der Waals surface area (Å²) in [6.07, 6.45) is 2.33. The van der Waals surface area contributed by atoms with Gasteiger partial charge in [0.2, 0.25) is 0 Å². The Labute approximate surface area is 182 Å². The van der Waals surface area contributed by atoms with Gasteiger partial charge in [0.15, 0.2) is 0 Å². The van der Waals surface area contributed by atoms with Crippen molar-refractivity contribution in [3.8, 4) is 0 Å². The quantitative estimate of drug-likeness (QED) is 0.672. The number of rotatable bonds is 7. The largest absolute Gasteiger partial charge is 0.478 e. The molecule has 1 aliphatic heterocycles. The van der Waals surface area contributed by atoms with Gasteiger partial charge in [-0.1, -0.05) is 24.9 Å². The molecule has 0 spiro atoms. The second-order valence-corrected chi connectivity index (χ2v) is 8.10. The van der Waals surface area contributed by atoms with Gasteiger partial charge in [0.25, 0.3) is 5.91 Å². The molecule has 6 nitrogen and oxygen atoms in total. The number of hydrogen-bond donors (Lipinski definition) is 2. The van der Waals surface area contributed by atoms with Crippen molar-refractivity contribution in [3.05, 3.63) is 58.6 Å². The first-order chi connectivity index (χ1) is 14.4. The summed E-state index contributed by atoms with van der Waals surface area (Å²) in [7, 11) is 0. The van der Waals surface area contributed by atoms with Crippen molar-refractivity contribution in [2.24, 2.45) is 0 Å². The van der Waals surface area contributed by atoms with Crippen molar-refractivity contribution in [1.82, 2.24) is 4.90 Å². The molecule has 2 N–H and O–H groups in total. The van der Waals surface area contributed by atoms with Gasteiger partial charge in [0.05, 0.1) is 11.3 Å². The SMILES string of the molecule is CCCC(C)N1CCN(c2ccc(NC(=O)c3ccc(Cl)cc3)cc2C(=O)O)CC1. The van der Waals surface area contributed by atoms with Crippen LogP contribution in [0.4, 0.5) is 11.4 Å². The Morgan fingerprint density at radius 2 is 1.77 bits per heavy atom. The first-order valence-electron chi connectivity index (χ1n) is 10.3. The molecule has 1 fully saturated rings. The van der Waals surface area contributed by atoms with Gasteiger partial charge in [-0.3, -0.25) is 9.69 Å². The van der Waals surface area contributed by atoms with Gasteiger partial charge >= 0.3 is 5.97 Å². The van der Waals surface area contributed by atoms with E-state index in [4.69, 9.17) is 11.6 Å². The van der Waals surface area contributed by atoms with E-state index in [1.807, 2.05) is 0 Å². The van der Waals surface area contributed by atoms with Crippen LogP contribution >= 0.6 is 11.6 Å². The van der Waals surface area contributed by atoms with Gasteiger partial charge < -0.3 is 15.3 Å². The topological polar surface area (TPSA) is 72.9 Å². The lowest BCUT2D eigenvalue weighted by molar-refractivity contribution is 0.0697. The lowest BCUT2D eigenvalue weighted by atomic mass is 10.1. The number of carbonyl (C=O) groups excluding carboxylic acids is 1. The Kier molecular flexibility index (Phi) is 7.34. The van der Waals surface area contributed by atoms with E-state index in [0.717, 1.165) is 32.6 Å². The number of benzene rings is 2. The molecule has 7 heteroatoms. The zero-order valence-corrected chi connectivity index (χ0v) is 18.2. The molecule has 0 bridgehead atoms. The molecule has 2 aromatic rings. The zero-order chi connectivity index (χ0) is 21.7. The summed E-state index contributed by atoms with van der Waals surface area (Å²) >= 11 is 5.86. The zero-order valence-electron chi connectivity index (χ0n) is 17.4. The molecule has 1 heterocycles. The Morgan fingerprint density at radius 3 is 2.37 bits per heavy atom. The summed E-state index contributed by atoms with van der Waals surface area (Å²) in [6, 6.07) is 12.1. The van der Waals surface area contributed by atoms with Crippen molar-refractivity contribution >= 4 is 34.9 Å². The number of halogens is 1. The molecule has 30 heavy (non-hydrogen) atoms. The van der Waals surface area contributed by atoms with E-state index in [9.17, 15) is 14.7 Å². The van der Waals surface area contributed by atoms with Gasteiger partial charge in [0, 0.05) is 48.5 Å². The number of nitrogens with one attached hydrogen (secondary N) is 1. The third-order valence-corrected chi connectivity index (χ3v) is 5.83. The van der Waals surface area contributed by atoms with Gasteiger partial charge in [-0.2, -0.15) is 0 Å². The Hall–Kier alpha value is -2.57. The fourth-order valence-electron chi connectivity index (χ4n) is 3.87. The van der Waals surface area contributed by atoms with Crippen molar-refractivity contribution in [2.75, 3.05) is 36.4 Å². The molecular weight excluding hydrogens is 402 g/mol. The van der Waals surface area contributed by atoms with E-state index in [1.165, 1.54) is 12.5 Å². The van der Waals surface area contributed by atoms with E-state index in [1.54, 1.807) is 36.4 Å². The van der Waals surface area contributed by atoms with Crippen LogP contribution in [0.15, 0.2) is 42.5 Å². The predicted octanol–water partition coefficient (Wildman–Crippen LogP) is 4.60. The van der Waals surface area contributed by atoms with E-state index in [0.29, 0.717) is 28.0 Å². The van der Waals surface area contributed by atoms with Crippen molar-refractivity contribution in [2.45, 2.75) is 32.7 Å². The number of anilines is 2. The summed E-state index contributed by atoms with van der Waals surface area (Å²) in [5.74, 6) is -1.32. The van der Waals surface area contributed by atoms with Gasteiger partial charge in [-0.05, 0) is 55.8 Å². The third-order valence-electron chi connectivity index (χ3n) is 5.58. The molecule has 1 unspecified atom stereocenters. The minimum Gasteiger partial charge on any atom is -0.478 e. The second-order valence-electron chi connectivity index (χ2n) is 7.66. The first kappa shape index (κ1) is 22.1. The van der Waals surface area contributed by atoms with Crippen LogP contribution in [0, 0.1) is 0 Å². The monoisotopic (exact) mass is 429 g/mol. The van der Waals surface area contributed by atoms with E-state index >= 15 is 0 Å². The average Bonchev–Trinajstić information content (AvgIpc) is 2.74. The van der Waals surface area contributed by atoms with Crippen LogP contribution in [0.5, 0.6) is 0 Å². The molecule has 0 radical (unpaired) electrons. The maximum absolute atomic E-state index is 12.4.